The minimum absolute atomic E-state index is 0.0282. The van der Waals surface area contributed by atoms with Gasteiger partial charge in [0.05, 0.1) is 23.3 Å². The highest BCUT2D eigenvalue weighted by molar-refractivity contribution is 5.90. The first-order chi connectivity index (χ1) is 18.7. The minimum Gasteiger partial charge on any atom is -0.444 e. The first kappa shape index (κ1) is 25.3. The molecular weight excluding hydrogens is 492 g/mol. The standard InChI is InChI=1S/C29H36N8O2/c1-19-8-9-22-21(15-19)27(31-18-30-22)36-12-6-5-7-24(36)23-16-26-33-25(11-14-37(26)34-23)35-13-10-20(17-35)32-28(38)39-29(2,3)4/h8-9,11,14-16,18,20,24H,5-7,10,12-13,17H2,1-4H3,(H,32,38)/t20-,24?/m1/s1. The largest absolute Gasteiger partial charge is 0.444 e. The van der Waals surface area contributed by atoms with E-state index in [9.17, 15) is 4.79 Å². The molecule has 6 rings (SSSR count). The normalized spacial score (nSPS) is 20.1. The summed E-state index contributed by atoms with van der Waals surface area (Å²) >= 11 is 0. The van der Waals surface area contributed by atoms with E-state index in [0.717, 1.165) is 72.7 Å². The molecule has 0 saturated carbocycles. The molecule has 204 valence electrons. The topological polar surface area (TPSA) is 101 Å². The van der Waals surface area contributed by atoms with Crippen LogP contribution >= 0.6 is 0 Å². The van der Waals surface area contributed by atoms with Crippen LogP contribution in [0.25, 0.3) is 16.6 Å². The van der Waals surface area contributed by atoms with Gasteiger partial charge in [0.15, 0.2) is 5.65 Å². The van der Waals surface area contributed by atoms with Gasteiger partial charge in [0.1, 0.15) is 23.6 Å². The summed E-state index contributed by atoms with van der Waals surface area (Å²) in [5.74, 6) is 1.86. The number of anilines is 2. The summed E-state index contributed by atoms with van der Waals surface area (Å²) in [6, 6.07) is 10.6. The van der Waals surface area contributed by atoms with E-state index in [2.05, 4.69) is 51.3 Å². The van der Waals surface area contributed by atoms with Gasteiger partial charge in [0, 0.05) is 37.3 Å². The van der Waals surface area contributed by atoms with Crippen molar-refractivity contribution in [1.29, 1.82) is 0 Å². The van der Waals surface area contributed by atoms with Crippen LogP contribution in [0, 0.1) is 6.92 Å². The monoisotopic (exact) mass is 528 g/mol. The number of nitrogens with zero attached hydrogens (tertiary/aromatic N) is 7. The number of hydrogen-bond donors (Lipinski definition) is 1. The van der Waals surface area contributed by atoms with E-state index in [-0.39, 0.29) is 18.2 Å². The highest BCUT2D eigenvalue weighted by Gasteiger charge is 2.30. The lowest BCUT2D eigenvalue weighted by atomic mass is 9.98. The summed E-state index contributed by atoms with van der Waals surface area (Å²) in [6.07, 6.45) is 7.40. The minimum atomic E-state index is -0.512. The Morgan fingerprint density at radius 2 is 1.95 bits per heavy atom. The SMILES string of the molecule is Cc1ccc2ncnc(N3CCCCC3c3cc4nc(N5CC[C@@H](NC(=O)OC(C)(C)C)C5)ccn4n3)c2c1. The number of hydrogen-bond acceptors (Lipinski definition) is 8. The number of fused-ring (bicyclic) bond motifs is 2. The van der Waals surface area contributed by atoms with Crippen LogP contribution in [0.1, 0.15) is 63.8 Å². The third-order valence-corrected chi connectivity index (χ3v) is 7.45. The third-order valence-electron chi connectivity index (χ3n) is 7.45. The number of piperidine rings is 1. The maximum atomic E-state index is 12.2. The summed E-state index contributed by atoms with van der Waals surface area (Å²) in [6.45, 7) is 10.2. The van der Waals surface area contributed by atoms with Crippen LogP contribution in [0.4, 0.5) is 16.4 Å². The number of carbonyl (C=O) groups is 1. The molecule has 10 nitrogen and oxygen atoms in total. The van der Waals surface area contributed by atoms with Gasteiger partial charge in [0.25, 0.3) is 0 Å². The van der Waals surface area contributed by atoms with Gasteiger partial charge in [-0.3, -0.25) is 0 Å². The van der Waals surface area contributed by atoms with Crippen molar-refractivity contribution < 1.29 is 9.53 Å². The molecule has 0 radical (unpaired) electrons. The molecule has 1 aromatic carbocycles. The Morgan fingerprint density at radius 1 is 1.08 bits per heavy atom. The number of ether oxygens (including phenoxy) is 1. The van der Waals surface area contributed by atoms with Crippen molar-refractivity contribution >= 4 is 34.3 Å². The molecule has 0 aliphatic carbocycles. The molecule has 0 spiro atoms. The lowest BCUT2D eigenvalue weighted by molar-refractivity contribution is 0.0509. The van der Waals surface area contributed by atoms with E-state index in [1.165, 1.54) is 5.56 Å². The maximum Gasteiger partial charge on any atom is 0.407 e. The second-order valence-electron chi connectivity index (χ2n) is 11.7. The molecule has 1 amide bonds. The van der Waals surface area contributed by atoms with Gasteiger partial charge in [0.2, 0.25) is 0 Å². The van der Waals surface area contributed by atoms with Crippen LogP contribution in [-0.4, -0.2) is 61.9 Å². The average molecular weight is 529 g/mol. The average Bonchev–Trinajstić information content (AvgIpc) is 3.54. The van der Waals surface area contributed by atoms with Crippen molar-refractivity contribution in [3.63, 3.8) is 0 Å². The van der Waals surface area contributed by atoms with Crippen molar-refractivity contribution in [3.05, 3.63) is 54.1 Å². The molecule has 2 atom stereocenters. The summed E-state index contributed by atoms with van der Waals surface area (Å²) in [5, 5.41) is 9.02. The van der Waals surface area contributed by atoms with Gasteiger partial charge in [-0.05, 0) is 71.6 Å². The van der Waals surface area contributed by atoms with Gasteiger partial charge in [-0.2, -0.15) is 5.10 Å². The zero-order valence-electron chi connectivity index (χ0n) is 23.1. The van der Waals surface area contributed by atoms with E-state index in [4.69, 9.17) is 19.8 Å². The van der Waals surface area contributed by atoms with Crippen LogP contribution in [0.5, 0.6) is 0 Å². The van der Waals surface area contributed by atoms with E-state index >= 15 is 0 Å². The number of aryl methyl sites for hydroxylation is 1. The molecule has 2 saturated heterocycles. The summed E-state index contributed by atoms with van der Waals surface area (Å²) in [5.41, 5.74) is 3.47. The second kappa shape index (κ2) is 9.98. The first-order valence-electron chi connectivity index (χ1n) is 13.8. The fraction of sp³-hybridized carbons (Fsp3) is 0.483. The van der Waals surface area contributed by atoms with Crippen molar-refractivity contribution in [2.24, 2.45) is 0 Å². The number of rotatable bonds is 4. The highest BCUT2D eigenvalue weighted by atomic mass is 16.6. The number of carbonyl (C=O) groups excluding carboxylic acids is 1. The molecule has 2 aliphatic rings. The van der Waals surface area contributed by atoms with Gasteiger partial charge in [-0.15, -0.1) is 0 Å². The Bertz CT molecular complexity index is 1510. The van der Waals surface area contributed by atoms with Crippen LogP contribution in [0.15, 0.2) is 42.9 Å². The summed E-state index contributed by atoms with van der Waals surface area (Å²) < 4.78 is 7.28. The lowest BCUT2D eigenvalue weighted by Gasteiger charge is -2.36. The predicted octanol–water partition coefficient (Wildman–Crippen LogP) is 4.82. The fourth-order valence-corrected chi connectivity index (χ4v) is 5.67. The molecule has 39 heavy (non-hydrogen) atoms. The molecule has 2 aliphatic heterocycles. The van der Waals surface area contributed by atoms with Crippen LogP contribution < -0.4 is 15.1 Å². The Balaban J connectivity index is 1.23. The molecule has 2 fully saturated rings. The highest BCUT2D eigenvalue weighted by Crippen LogP contribution is 2.37. The lowest BCUT2D eigenvalue weighted by Crippen LogP contribution is -2.40. The zero-order valence-corrected chi connectivity index (χ0v) is 23.1. The molecule has 5 heterocycles. The molecule has 1 N–H and O–H groups in total. The molecule has 3 aromatic heterocycles. The van der Waals surface area contributed by atoms with E-state index in [0.29, 0.717) is 6.54 Å². The van der Waals surface area contributed by atoms with Gasteiger partial charge in [-0.25, -0.2) is 24.3 Å². The number of aromatic nitrogens is 5. The predicted molar refractivity (Wildman–Crippen MR) is 151 cm³/mol. The molecular formula is C29H36N8O2. The quantitative estimate of drug-likeness (QED) is 0.403. The zero-order chi connectivity index (χ0) is 27.1. The van der Waals surface area contributed by atoms with Gasteiger partial charge in [-0.1, -0.05) is 11.6 Å². The van der Waals surface area contributed by atoms with Gasteiger partial charge >= 0.3 is 6.09 Å². The Morgan fingerprint density at radius 3 is 2.79 bits per heavy atom. The van der Waals surface area contributed by atoms with Crippen LogP contribution in [0.3, 0.4) is 0 Å². The number of amides is 1. The number of nitrogens with one attached hydrogen (secondary N) is 1. The molecule has 0 bridgehead atoms. The first-order valence-corrected chi connectivity index (χ1v) is 13.8. The molecule has 1 unspecified atom stereocenters. The van der Waals surface area contributed by atoms with E-state index in [1.54, 1.807) is 6.33 Å². The van der Waals surface area contributed by atoms with Crippen molar-refractivity contribution in [1.82, 2.24) is 29.9 Å². The fourth-order valence-electron chi connectivity index (χ4n) is 5.67. The summed E-state index contributed by atoms with van der Waals surface area (Å²) in [7, 11) is 0. The molecule has 10 heteroatoms. The van der Waals surface area contributed by atoms with E-state index in [1.807, 2.05) is 37.5 Å². The van der Waals surface area contributed by atoms with E-state index < -0.39 is 5.60 Å². The van der Waals surface area contributed by atoms with Gasteiger partial charge < -0.3 is 19.9 Å². The maximum absolute atomic E-state index is 12.2. The van der Waals surface area contributed by atoms with Crippen molar-refractivity contribution in [2.75, 3.05) is 29.4 Å². The van der Waals surface area contributed by atoms with Crippen LogP contribution in [-0.2, 0) is 4.74 Å². The number of benzene rings is 1. The Hall–Kier alpha value is -3.95. The Labute approximate surface area is 228 Å². The smallest absolute Gasteiger partial charge is 0.407 e. The van der Waals surface area contributed by atoms with Crippen molar-refractivity contribution in [3.8, 4) is 0 Å². The van der Waals surface area contributed by atoms with Crippen molar-refractivity contribution in [2.45, 2.75) is 71.1 Å². The van der Waals surface area contributed by atoms with Crippen LogP contribution in [0.2, 0.25) is 0 Å². The molecule has 4 aromatic rings. The third kappa shape index (κ3) is 5.32. The second-order valence-corrected chi connectivity index (χ2v) is 11.7. The Kier molecular flexibility index (Phi) is 6.48. The number of alkyl carbamates (subject to hydrolysis) is 1. The summed E-state index contributed by atoms with van der Waals surface area (Å²) in [4.78, 5) is 31.0.